The molecule has 114 valence electrons. The summed E-state index contributed by atoms with van der Waals surface area (Å²) in [6.07, 6.45) is 6.95. The number of hydrogen-bond acceptors (Lipinski definition) is 3. The fourth-order valence-corrected chi connectivity index (χ4v) is 3.30. The van der Waals surface area contributed by atoms with Gasteiger partial charge in [-0.25, -0.2) is 4.79 Å². The van der Waals surface area contributed by atoms with Crippen LogP contribution in [0.3, 0.4) is 0 Å². The third kappa shape index (κ3) is 2.32. The molecule has 1 aromatic carbocycles. The molecule has 0 aliphatic heterocycles. The summed E-state index contributed by atoms with van der Waals surface area (Å²) in [5.74, 6) is 2.63. The van der Waals surface area contributed by atoms with Crippen molar-refractivity contribution in [3.8, 4) is 12.3 Å². The monoisotopic (exact) mass is 297 g/mol. The molecule has 0 bridgehead atoms. The number of rotatable bonds is 3. The minimum absolute atomic E-state index is 0.292. The van der Waals surface area contributed by atoms with Gasteiger partial charge < -0.3 is 9.30 Å². The van der Waals surface area contributed by atoms with E-state index in [0.29, 0.717) is 12.6 Å². The second-order valence-corrected chi connectivity index (χ2v) is 5.45. The topological polar surface area (TPSA) is 55.3 Å². The summed E-state index contributed by atoms with van der Waals surface area (Å²) < 4.78 is 6.86. The lowest BCUT2D eigenvalue weighted by atomic mass is 10.1. The highest BCUT2D eigenvalue weighted by Gasteiger charge is 2.28. The van der Waals surface area contributed by atoms with E-state index < -0.39 is 6.09 Å². The fraction of sp³-hybridized carbons (Fsp3) is 0.353. The number of carbonyl (C=O) groups excluding carboxylic acids is 1. The zero-order valence-electron chi connectivity index (χ0n) is 12.8. The number of anilines is 1. The summed E-state index contributed by atoms with van der Waals surface area (Å²) >= 11 is 0. The Morgan fingerprint density at radius 2 is 2.36 bits per heavy atom. The van der Waals surface area contributed by atoms with Gasteiger partial charge in [-0.3, -0.25) is 10.6 Å². The highest BCUT2D eigenvalue weighted by Crippen LogP contribution is 2.39. The number of nitrogens with zero attached hydrogens (tertiary/aromatic N) is 1. The number of amides is 1. The number of aromatic nitrogens is 1. The predicted octanol–water partition coefficient (Wildman–Crippen LogP) is 2.57. The number of ether oxygens (including phenoxy) is 1. The summed E-state index contributed by atoms with van der Waals surface area (Å²) in [7, 11) is 3.43. The second kappa shape index (κ2) is 5.74. The van der Waals surface area contributed by atoms with Crippen LogP contribution in [0.25, 0.3) is 10.9 Å². The molecule has 2 aromatic rings. The van der Waals surface area contributed by atoms with E-state index >= 15 is 0 Å². The number of carbonyl (C=O) groups is 1. The van der Waals surface area contributed by atoms with Gasteiger partial charge in [-0.15, -0.1) is 6.42 Å². The van der Waals surface area contributed by atoms with Crippen LogP contribution < -0.4 is 10.6 Å². The maximum atomic E-state index is 11.4. The van der Waals surface area contributed by atoms with Gasteiger partial charge in [-0.1, -0.05) is 5.92 Å². The standard InChI is InChI=1S/C17H19N3O2/c1-4-9-18-14-7-6-12-13-10-11(19-17(21)22-3)5-8-15(13)20(2)16(12)14/h1,5,8,10,14,18H,6-7,9H2,2-3H3,(H,19,21). The Morgan fingerprint density at radius 1 is 1.55 bits per heavy atom. The van der Waals surface area contributed by atoms with Crippen molar-refractivity contribution in [3.05, 3.63) is 29.5 Å². The average molecular weight is 297 g/mol. The summed E-state index contributed by atoms with van der Waals surface area (Å²) in [5, 5.41) is 7.29. The number of terminal acetylenes is 1. The van der Waals surface area contributed by atoms with E-state index in [1.807, 2.05) is 18.2 Å². The highest BCUT2D eigenvalue weighted by atomic mass is 16.5. The molecule has 1 atom stereocenters. The lowest BCUT2D eigenvalue weighted by molar-refractivity contribution is 0.187. The number of methoxy groups -OCH3 is 1. The van der Waals surface area contributed by atoms with E-state index in [1.54, 1.807) is 0 Å². The van der Waals surface area contributed by atoms with Gasteiger partial charge in [-0.05, 0) is 36.6 Å². The largest absolute Gasteiger partial charge is 0.453 e. The minimum Gasteiger partial charge on any atom is -0.453 e. The van der Waals surface area contributed by atoms with Crippen molar-refractivity contribution in [3.63, 3.8) is 0 Å². The second-order valence-electron chi connectivity index (χ2n) is 5.45. The molecule has 5 nitrogen and oxygen atoms in total. The molecule has 1 heterocycles. The van der Waals surface area contributed by atoms with Gasteiger partial charge in [0.2, 0.25) is 0 Å². The Hall–Kier alpha value is -2.45. The maximum Gasteiger partial charge on any atom is 0.411 e. The molecule has 0 spiro atoms. The molecular formula is C17H19N3O2. The third-order valence-corrected chi connectivity index (χ3v) is 4.25. The first-order chi connectivity index (χ1) is 10.7. The molecule has 1 unspecified atom stereocenters. The van der Waals surface area contributed by atoms with Crippen LogP contribution in [-0.2, 0) is 18.2 Å². The SMILES string of the molecule is C#CCNC1CCc2c1n(C)c1ccc(NC(=O)OC)cc21. The van der Waals surface area contributed by atoms with Crippen molar-refractivity contribution in [1.29, 1.82) is 0 Å². The van der Waals surface area contributed by atoms with Crippen LogP contribution in [0.4, 0.5) is 10.5 Å². The first-order valence-corrected chi connectivity index (χ1v) is 7.28. The Labute approximate surface area is 129 Å². The van der Waals surface area contributed by atoms with Crippen LogP contribution in [0.15, 0.2) is 18.2 Å². The van der Waals surface area contributed by atoms with Crippen molar-refractivity contribution in [1.82, 2.24) is 9.88 Å². The molecule has 1 aliphatic rings. The Morgan fingerprint density at radius 3 is 3.09 bits per heavy atom. The van der Waals surface area contributed by atoms with Crippen LogP contribution in [0.2, 0.25) is 0 Å². The van der Waals surface area contributed by atoms with E-state index in [1.165, 1.54) is 23.8 Å². The minimum atomic E-state index is -0.458. The van der Waals surface area contributed by atoms with Gasteiger partial charge in [-0.2, -0.15) is 0 Å². The highest BCUT2D eigenvalue weighted by molar-refractivity contribution is 5.93. The zero-order chi connectivity index (χ0) is 15.7. The summed E-state index contributed by atoms with van der Waals surface area (Å²) in [6, 6.07) is 6.21. The third-order valence-electron chi connectivity index (χ3n) is 4.25. The van der Waals surface area contributed by atoms with E-state index in [4.69, 9.17) is 6.42 Å². The molecule has 1 amide bonds. The fourth-order valence-electron chi connectivity index (χ4n) is 3.30. The summed E-state index contributed by atoms with van der Waals surface area (Å²) in [6.45, 7) is 0.570. The Balaban J connectivity index is 2.01. The first-order valence-electron chi connectivity index (χ1n) is 7.28. The van der Waals surface area contributed by atoms with Gasteiger partial charge in [0.1, 0.15) is 0 Å². The van der Waals surface area contributed by atoms with Gasteiger partial charge in [0.25, 0.3) is 0 Å². The van der Waals surface area contributed by atoms with Crippen LogP contribution >= 0.6 is 0 Å². The van der Waals surface area contributed by atoms with Crippen molar-refractivity contribution in [2.24, 2.45) is 7.05 Å². The zero-order valence-corrected chi connectivity index (χ0v) is 12.8. The molecule has 22 heavy (non-hydrogen) atoms. The molecule has 1 aliphatic carbocycles. The van der Waals surface area contributed by atoms with Crippen LogP contribution in [-0.4, -0.2) is 24.3 Å². The van der Waals surface area contributed by atoms with Gasteiger partial charge in [0, 0.05) is 35.4 Å². The number of nitrogens with one attached hydrogen (secondary N) is 2. The number of fused-ring (bicyclic) bond motifs is 3. The molecule has 1 aromatic heterocycles. The van der Waals surface area contributed by atoms with Gasteiger partial charge in [0.05, 0.1) is 13.7 Å². The molecule has 5 heteroatoms. The van der Waals surface area contributed by atoms with Crippen molar-refractivity contribution >= 4 is 22.7 Å². The van der Waals surface area contributed by atoms with Crippen molar-refractivity contribution in [2.45, 2.75) is 18.9 Å². The maximum absolute atomic E-state index is 11.4. The van der Waals surface area contributed by atoms with Crippen molar-refractivity contribution < 1.29 is 9.53 Å². The van der Waals surface area contributed by atoms with Crippen molar-refractivity contribution in [2.75, 3.05) is 19.0 Å². The smallest absolute Gasteiger partial charge is 0.411 e. The van der Waals surface area contributed by atoms with E-state index in [9.17, 15) is 4.79 Å². The summed E-state index contributed by atoms with van der Waals surface area (Å²) in [4.78, 5) is 11.4. The predicted molar refractivity (Wildman–Crippen MR) is 86.8 cm³/mol. The molecule has 0 saturated heterocycles. The molecule has 0 radical (unpaired) electrons. The quantitative estimate of drug-likeness (QED) is 0.856. The molecule has 0 saturated carbocycles. The summed E-state index contributed by atoms with van der Waals surface area (Å²) in [5.41, 5.74) is 4.53. The normalized spacial score (nSPS) is 16.3. The van der Waals surface area contributed by atoms with Crippen LogP contribution in [0.5, 0.6) is 0 Å². The first kappa shape index (κ1) is 14.5. The van der Waals surface area contributed by atoms with Gasteiger partial charge >= 0.3 is 6.09 Å². The molecule has 0 fully saturated rings. The number of benzene rings is 1. The van der Waals surface area contributed by atoms with Gasteiger partial charge in [0.15, 0.2) is 0 Å². The van der Waals surface area contributed by atoms with Crippen LogP contribution in [0.1, 0.15) is 23.7 Å². The van der Waals surface area contributed by atoms with E-state index in [-0.39, 0.29) is 0 Å². The molecule has 3 rings (SSSR count). The Kier molecular flexibility index (Phi) is 3.78. The number of aryl methyl sites for hydroxylation is 2. The lowest BCUT2D eigenvalue weighted by Gasteiger charge is -2.13. The van der Waals surface area contributed by atoms with Crippen LogP contribution in [0, 0.1) is 12.3 Å². The molecular weight excluding hydrogens is 278 g/mol. The van der Waals surface area contributed by atoms with E-state index in [2.05, 4.69) is 32.9 Å². The van der Waals surface area contributed by atoms with E-state index in [0.717, 1.165) is 24.0 Å². The Bertz CT molecular complexity index is 770. The lowest BCUT2D eigenvalue weighted by Crippen LogP contribution is -2.21. The number of hydrogen-bond donors (Lipinski definition) is 2. The average Bonchev–Trinajstić information content (AvgIpc) is 3.06. The molecule has 2 N–H and O–H groups in total.